The van der Waals surface area contributed by atoms with E-state index in [0.717, 1.165) is 17.9 Å². The van der Waals surface area contributed by atoms with Crippen molar-refractivity contribution in [1.29, 1.82) is 0 Å². The number of amides is 1. The molecule has 1 amide bonds. The summed E-state index contributed by atoms with van der Waals surface area (Å²) < 4.78 is 5.45. The standard InChI is InChI=1S/C12H16N2O2S/c1-3-8-16-11-6-4-10(5-7-11)14-12(17)13-9(2)15/h4-7H,3,8H2,1-2H3,(H2,13,14,15,17). The lowest BCUT2D eigenvalue weighted by Crippen LogP contribution is -2.32. The molecule has 0 saturated heterocycles. The maximum absolute atomic E-state index is 10.8. The van der Waals surface area contributed by atoms with E-state index in [0.29, 0.717) is 11.7 Å². The highest BCUT2D eigenvalue weighted by molar-refractivity contribution is 7.80. The number of rotatable bonds is 4. The molecule has 0 heterocycles. The smallest absolute Gasteiger partial charge is 0.222 e. The van der Waals surface area contributed by atoms with Crippen molar-refractivity contribution in [3.05, 3.63) is 24.3 Å². The molecule has 0 aliphatic carbocycles. The Balaban J connectivity index is 2.50. The summed E-state index contributed by atoms with van der Waals surface area (Å²) in [4.78, 5) is 10.8. The van der Waals surface area contributed by atoms with Gasteiger partial charge in [-0.05, 0) is 42.9 Å². The summed E-state index contributed by atoms with van der Waals surface area (Å²) in [6, 6.07) is 7.40. The molecular weight excluding hydrogens is 236 g/mol. The lowest BCUT2D eigenvalue weighted by atomic mass is 10.3. The van der Waals surface area contributed by atoms with Crippen LogP contribution in [0.1, 0.15) is 20.3 Å². The minimum atomic E-state index is -0.189. The zero-order chi connectivity index (χ0) is 12.7. The largest absolute Gasteiger partial charge is 0.494 e. The van der Waals surface area contributed by atoms with Crippen LogP contribution in [0, 0.1) is 0 Å². The highest BCUT2D eigenvalue weighted by Crippen LogP contribution is 2.15. The first kappa shape index (κ1) is 13.4. The molecule has 0 aromatic heterocycles. The number of benzene rings is 1. The predicted octanol–water partition coefficient (Wildman–Crippen LogP) is 2.31. The van der Waals surface area contributed by atoms with E-state index in [9.17, 15) is 4.79 Å². The third-order valence-electron chi connectivity index (χ3n) is 1.87. The molecule has 0 radical (unpaired) electrons. The zero-order valence-electron chi connectivity index (χ0n) is 9.95. The predicted molar refractivity (Wildman–Crippen MR) is 72.3 cm³/mol. The van der Waals surface area contributed by atoms with Crippen molar-refractivity contribution in [3.63, 3.8) is 0 Å². The molecule has 2 N–H and O–H groups in total. The van der Waals surface area contributed by atoms with E-state index in [-0.39, 0.29) is 5.91 Å². The zero-order valence-corrected chi connectivity index (χ0v) is 10.8. The molecule has 0 bridgehead atoms. The highest BCUT2D eigenvalue weighted by atomic mass is 32.1. The Morgan fingerprint density at radius 3 is 2.53 bits per heavy atom. The lowest BCUT2D eigenvalue weighted by molar-refractivity contribution is -0.117. The fraction of sp³-hybridized carbons (Fsp3) is 0.333. The maximum Gasteiger partial charge on any atom is 0.222 e. The summed E-state index contributed by atoms with van der Waals surface area (Å²) in [5.41, 5.74) is 0.813. The second-order valence-electron chi connectivity index (χ2n) is 3.51. The summed E-state index contributed by atoms with van der Waals surface area (Å²) in [5.74, 6) is 0.633. The van der Waals surface area contributed by atoms with Gasteiger partial charge < -0.3 is 15.4 Å². The number of anilines is 1. The first-order valence-corrected chi connectivity index (χ1v) is 5.84. The normalized spacial score (nSPS) is 9.53. The van der Waals surface area contributed by atoms with Crippen molar-refractivity contribution >= 4 is 28.9 Å². The molecule has 5 heteroatoms. The Hall–Kier alpha value is -1.62. The number of carbonyl (C=O) groups excluding carboxylic acids is 1. The number of nitrogens with one attached hydrogen (secondary N) is 2. The molecule has 92 valence electrons. The SMILES string of the molecule is CCCOc1ccc(NC(=S)NC(C)=O)cc1. The second-order valence-corrected chi connectivity index (χ2v) is 3.92. The minimum absolute atomic E-state index is 0.189. The van der Waals surface area contributed by atoms with Crippen molar-refractivity contribution in [2.75, 3.05) is 11.9 Å². The monoisotopic (exact) mass is 252 g/mol. The fourth-order valence-electron chi connectivity index (χ4n) is 1.18. The Bertz CT molecular complexity index is 390. The van der Waals surface area contributed by atoms with Gasteiger partial charge in [-0.1, -0.05) is 6.92 Å². The molecule has 0 atom stereocenters. The van der Waals surface area contributed by atoms with E-state index in [1.165, 1.54) is 6.92 Å². The van der Waals surface area contributed by atoms with E-state index in [1.807, 2.05) is 24.3 Å². The van der Waals surface area contributed by atoms with Crippen LogP contribution >= 0.6 is 12.2 Å². The molecule has 1 aromatic carbocycles. The Labute approximate surface area is 106 Å². The molecule has 0 aliphatic rings. The quantitative estimate of drug-likeness (QED) is 0.807. The van der Waals surface area contributed by atoms with Gasteiger partial charge in [0.15, 0.2) is 5.11 Å². The van der Waals surface area contributed by atoms with Crippen LogP contribution in [0.5, 0.6) is 5.75 Å². The van der Waals surface area contributed by atoms with Crippen LogP contribution in [0.3, 0.4) is 0 Å². The third-order valence-corrected chi connectivity index (χ3v) is 2.08. The van der Waals surface area contributed by atoms with Crippen LogP contribution in [-0.2, 0) is 4.79 Å². The van der Waals surface area contributed by atoms with Crippen LogP contribution in [0.15, 0.2) is 24.3 Å². The Morgan fingerprint density at radius 1 is 1.35 bits per heavy atom. The van der Waals surface area contributed by atoms with Gasteiger partial charge in [0.1, 0.15) is 5.75 Å². The first-order valence-electron chi connectivity index (χ1n) is 5.43. The van der Waals surface area contributed by atoms with Gasteiger partial charge in [-0.2, -0.15) is 0 Å². The number of hydrogen-bond donors (Lipinski definition) is 2. The molecule has 0 spiro atoms. The second kappa shape index (κ2) is 6.85. The Kier molecular flexibility index (Phi) is 5.42. The number of carbonyl (C=O) groups is 1. The molecule has 1 aromatic rings. The topological polar surface area (TPSA) is 50.4 Å². The van der Waals surface area contributed by atoms with Crippen LogP contribution in [0.4, 0.5) is 5.69 Å². The maximum atomic E-state index is 10.8. The average molecular weight is 252 g/mol. The van der Waals surface area contributed by atoms with E-state index in [1.54, 1.807) is 0 Å². The third kappa shape index (κ3) is 5.31. The Morgan fingerprint density at radius 2 is 2.00 bits per heavy atom. The molecule has 1 rings (SSSR count). The van der Waals surface area contributed by atoms with Crippen LogP contribution in [0.25, 0.3) is 0 Å². The highest BCUT2D eigenvalue weighted by Gasteiger charge is 2.00. The van der Waals surface area contributed by atoms with Gasteiger partial charge in [0, 0.05) is 12.6 Å². The molecular formula is C12H16N2O2S. The summed E-state index contributed by atoms with van der Waals surface area (Å²) >= 11 is 4.94. The van der Waals surface area contributed by atoms with Gasteiger partial charge in [0.25, 0.3) is 0 Å². The lowest BCUT2D eigenvalue weighted by Gasteiger charge is -2.09. The molecule has 0 unspecified atom stereocenters. The van der Waals surface area contributed by atoms with Gasteiger partial charge in [-0.15, -0.1) is 0 Å². The van der Waals surface area contributed by atoms with Crippen molar-refractivity contribution in [1.82, 2.24) is 5.32 Å². The molecule has 17 heavy (non-hydrogen) atoms. The number of hydrogen-bond acceptors (Lipinski definition) is 3. The summed E-state index contributed by atoms with van der Waals surface area (Å²) in [6.07, 6.45) is 0.979. The first-order chi connectivity index (χ1) is 8.11. The van der Waals surface area contributed by atoms with Gasteiger partial charge in [0.2, 0.25) is 5.91 Å². The van der Waals surface area contributed by atoms with Crippen molar-refractivity contribution in [2.24, 2.45) is 0 Å². The van der Waals surface area contributed by atoms with E-state index in [2.05, 4.69) is 17.6 Å². The van der Waals surface area contributed by atoms with E-state index in [4.69, 9.17) is 17.0 Å². The fourth-order valence-corrected chi connectivity index (χ4v) is 1.44. The van der Waals surface area contributed by atoms with Crippen molar-refractivity contribution in [3.8, 4) is 5.75 Å². The van der Waals surface area contributed by atoms with Gasteiger partial charge in [-0.25, -0.2) is 0 Å². The van der Waals surface area contributed by atoms with Gasteiger partial charge in [-0.3, -0.25) is 4.79 Å². The van der Waals surface area contributed by atoms with Crippen molar-refractivity contribution < 1.29 is 9.53 Å². The molecule has 0 fully saturated rings. The summed E-state index contributed by atoms with van der Waals surface area (Å²) in [5, 5.41) is 5.68. The minimum Gasteiger partial charge on any atom is -0.494 e. The van der Waals surface area contributed by atoms with Gasteiger partial charge >= 0.3 is 0 Å². The molecule has 0 aliphatic heterocycles. The molecule has 0 saturated carbocycles. The van der Waals surface area contributed by atoms with Crippen LogP contribution in [0.2, 0.25) is 0 Å². The summed E-state index contributed by atoms with van der Waals surface area (Å²) in [6.45, 7) is 4.18. The van der Waals surface area contributed by atoms with E-state index >= 15 is 0 Å². The average Bonchev–Trinajstić information content (AvgIpc) is 2.27. The van der Waals surface area contributed by atoms with Gasteiger partial charge in [0.05, 0.1) is 6.61 Å². The number of ether oxygens (including phenoxy) is 1. The van der Waals surface area contributed by atoms with Crippen molar-refractivity contribution in [2.45, 2.75) is 20.3 Å². The van der Waals surface area contributed by atoms with E-state index < -0.39 is 0 Å². The number of thiocarbonyl (C=S) groups is 1. The van der Waals surface area contributed by atoms with Crippen LogP contribution < -0.4 is 15.4 Å². The summed E-state index contributed by atoms with van der Waals surface area (Å²) in [7, 11) is 0. The van der Waals surface area contributed by atoms with Crippen LogP contribution in [-0.4, -0.2) is 17.6 Å². The molecule has 4 nitrogen and oxygen atoms in total.